The van der Waals surface area contributed by atoms with Crippen molar-refractivity contribution in [2.45, 2.75) is 25.7 Å². The molecule has 0 aromatic heterocycles. The lowest BCUT2D eigenvalue weighted by atomic mass is 9.97. The third-order valence-corrected chi connectivity index (χ3v) is 5.16. The number of halogens is 3. The van der Waals surface area contributed by atoms with Crippen molar-refractivity contribution in [2.24, 2.45) is 5.92 Å². The van der Waals surface area contributed by atoms with E-state index in [9.17, 15) is 22.8 Å². The Hall–Kier alpha value is -3.03. The number of nitrogens with one attached hydrogen (secondary N) is 2. The van der Waals surface area contributed by atoms with Crippen molar-refractivity contribution in [3.05, 3.63) is 65.5 Å². The van der Waals surface area contributed by atoms with Crippen LogP contribution in [0.5, 0.6) is 0 Å². The van der Waals surface area contributed by atoms with Gasteiger partial charge in [-0.05, 0) is 55.5 Å². The molecular weight excluding hydrogens is 395 g/mol. The van der Waals surface area contributed by atoms with Crippen molar-refractivity contribution in [3.8, 4) is 0 Å². The van der Waals surface area contributed by atoms with Crippen LogP contribution in [0.1, 0.15) is 24.8 Å². The van der Waals surface area contributed by atoms with E-state index in [0.29, 0.717) is 25.3 Å². The topological polar surface area (TPSA) is 61.4 Å². The lowest BCUT2D eigenvalue weighted by Gasteiger charge is -2.33. The average Bonchev–Trinajstić information content (AvgIpc) is 2.72. The summed E-state index contributed by atoms with van der Waals surface area (Å²) < 4.78 is 40.6. The second-order valence-electron chi connectivity index (χ2n) is 7.39. The maximum atomic E-state index is 13.7. The molecule has 1 unspecified atom stereocenters. The zero-order valence-electron chi connectivity index (χ0n) is 16.5. The summed E-state index contributed by atoms with van der Waals surface area (Å²) in [5.41, 5.74) is 0.281. The molecule has 30 heavy (non-hydrogen) atoms. The summed E-state index contributed by atoms with van der Waals surface area (Å²) in [4.78, 5) is 26.2. The van der Waals surface area contributed by atoms with Crippen LogP contribution in [-0.4, -0.2) is 36.5 Å². The zero-order chi connectivity index (χ0) is 21.5. The van der Waals surface area contributed by atoms with Gasteiger partial charge in [-0.3, -0.25) is 4.79 Å². The van der Waals surface area contributed by atoms with Gasteiger partial charge in [0.25, 0.3) is 0 Å². The van der Waals surface area contributed by atoms with Crippen molar-refractivity contribution < 1.29 is 22.8 Å². The summed E-state index contributed by atoms with van der Waals surface area (Å²) in [7, 11) is 0. The fraction of sp³-hybridized carbons (Fsp3) is 0.364. The molecule has 0 radical (unpaired) electrons. The van der Waals surface area contributed by atoms with E-state index < -0.39 is 23.5 Å². The Kier molecular flexibility index (Phi) is 7.32. The highest BCUT2D eigenvalue weighted by atomic mass is 19.1. The molecular formula is C22H24F3N3O2. The Morgan fingerprint density at radius 3 is 2.53 bits per heavy atom. The molecule has 2 N–H and O–H groups in total. The Labute approximate surface area is 173 Å². The summed E-state index contributed by atoms with van der Waals surface area (Å²) in [5.74, 6) is -1.82. The Balaban J connectivity index is 1.45. The number of urea groups is 1. The second kappa shape index (κ2) is 10.1. The minimum Gasteiger partial charge on any atom is -0.342 e. The molecule has 2 aromatic rings. The number of hydrogen-bond donors (Lipinski definition) is 2. The molecule has 1 heterocycles. The van der Waals surface area contributed by atoms with Crippen molar-refractivity contribution in [1.82, 2.24) is 10.2 Å². The van der Waals surface area contributed by atoms with Crippen LogP contribution in [0.15, 0.2) is 42.5 Å². The second-order valence-corrected chi connectivity index (χ2v) is 7.39. The van der Waals surface area contributed by atoms with Gasteiger partial charge < -0.3 is 15.5 Å². The van der Waals surface area contributed by atoms with Gasteiger partial charge >= 0.3 is 6.03 Å². The summed E-state index contributed by atoms with van der Waals surface area (Å²) in [6.45, 7) is 1.43. The number of rotatable bonds is 6. The first-order chi connectivity index (χ1) is 14.4. The van der Waals surface area contributed by atoms with E-state index in [1.807, 2.05) is 0 Å². The van der Waals surface area contributed by atoms with E-state index in [1.165, 1.54) is 36.4 Å². The SMILES string of the molecule is O=C(NCC1CCCN(C(=O)CCc2c(F)cccc2F)C1)Nc1cccc(F)c1. The van der Waals surface area contributed by atoms with Crippen molar-refractivity contribution in [1.29, 1.82) is 0 Å². The quantitative estimate of drug-likeness (QED) is 0.741. The predicted octanol–water partition coefficient (Wildman–Crippen LogP) is 4.10. The fourth-order valence-corrected chi connectivity index (χ4v) is 3.60. The van der Waals surface area contributed by atoms with Gasteiger partial charge in [-0.25, -0.2) is 18.0 Å². The molecule has 0 bridgehead atoms. The number of carbonyl (C=O) groups is 2. The first kappa shape index (κ1) is 21.7. The number of benzene rings is 2. The molecule has 1 aliphatic heterocycles. The van der Waals surface area contributed by atoms with E-state index in [0.717, 1.165) is 12.8 Å². The Morgan fingerprint density at radius 1 is 1.07 bits per heavy atom. The molecule has 1 saturated heterocycles. The van der Waals surface area contributed by atoms with Crippen LogP contribution in [0.4, 0.5) is 23.7 Å². The Morgan fingerprint density at radius 2 is 1.80 bits per heavy atom. The van der Waals surface area contributed by atoms with E-state index >= 15 is 0 Å². The summed E-state index contributed by atoms with van der Waals surface area (Å²) in [6.07, 6.45) is 1.68. The zero-order valence-corrected chi connectivity index (χ0v) is 16.5. The van der Waals surface area contributed by atoms with Crippen molar-refractivity contribution in [3.63, 3.8) is 0 Å². The van der Waals surface area contributed by atoms with Gasteiger partial charge in [0.15, 0.2) is 0 Å². The number of nitrogens with zero attached hydrogens (tertiary/aromatic N) is 1. The molecule has 1 aliphatic rings. The molecule has 3 rings (SSSR count). The van der Waals surface area contributed by atoms with Crippen LogP contribution >= 0.6 is 0 Å². The predicted molar refractivity (Wildman–Crippen MR) is 107 cm³/mol. The molecule has 8 heteroatoms. The third-order valence-electron chi connectivity index (χ3n) is 5.16. The number of amides is 3. The molecule has 1 atom stereocenters. The first-order valence-corrected chi connectivity index (χ1v) is 9.93. The van der Waals surface area contributed by atoms with Crippen LogP contribution in [0.25, 0.3) is 0 Å². The molecule has 3 amide bonds. The van der Waals surface area contributed by atoms with Gasteiger partial charge in [-0.15, -0.1) is 0 Å². The molecule has 0 saturated carbocycles. The van der Waals surface area contributed by atoms with E-state index in [-0.39, 0.29) is 30.2 Å². The smallest absolute Gasteiger partial charge is 0.319 e. The van der Waals surface area contributed by atoms with Gasteiger partial charge in [0.05, 0.1) is 0 Å². The molecule has 0 aliphatic carbocycles. The van der Waals surface area contributed by atoms with Gasteiger partial charge in [-0.2, -0.15) is 0 Å². The molecule has 1 fully saturated rings. The summed E-state index contributed by atoms with van der Waals surface area (Å²) >= 11 is 0. The minimum absolute atomic E-state index is 0.00674. The number of hydrogen-bond acceptors (Lipinski definition) is 2. The Bertz CT molecular complexity index is 887. The van der Waals surface area contributed by atoms with Crippen molar-refractivity contribution >= 4 is 17.6 Å². The highest BCUT2D eigenvalue weighted by Crippen LogP contribution is 2.19. The average molecular weight is 419 g/mol. The lowest BCUT2D eigenvalue weighted by molar-refractivity contribution is -0.132. The molecule has 160 valence electrons. The number of piperidine rings is 1. The summed E-state index contributed by atoms with van der Waals surface area (Å²) in [6, 6.07) is 8.81. The van der Waals surface area contributed by atoms with Crippen LogP contribution in [0, 0.1) is 23.4 Å². The minimum atomic E-state index is -0.646. The highest BCUT2D eigenvalue weighted by molar-refractivity contribution is 5.89. The third kappa shape index (κ3) is 5.98. The van der Waals surface area contributed by atoms with Crippen LogP contribution in [0.3, 0.4) is 0 Å². The first-order valence-electron chi connectivity index (χ1n) is 9.93. The highest BCUT2D eigenvalue weighted by Gasteiger charge is 2.24. The molecule has 2 aromatic carbocycles. The fourth-order valence-electron chi connectivity index (χ4n) is 3.60. The maximum absolute atomic E-state index is 13.7. The molecule has 0 spiro atoms. The van der Waals surface area contributed by atoms with Gasteiger partial charge in [0.2, 0.25) is 5.91 Å². The van der Waals surface area contributed by atoms with E-state index in [2.05, 4.69) is 10.6 Å². The number of carbonyl (C=O) groups excluding carboxylic acids is 2. The largest absolute Gasteiger partial charge is 0.342 e. The number of likely N-dealkylation sites (tertiary alicyclic amines) is 1. The number of anilines is 1. The van der Waals surface area contributed by atoms with Gasteiger partial charge in [-0.1, -0.05) is 12.1 Å². The van der Waals surface area contributed by atoms with Crippen LogP contribution in [0.2, 0.25) is 0 Å². The van der Waals surface area contributed by atoms with Crippen LogP contribution < -0.4 is 10.6 Å². The molecule has 5 nitrogen and oxygen atoms in total. The van der Waals surface area contributed by atoms with Crippen LogP contribution in [-0.2, 0) is 11.2 Å². The van der Waals surface area contributed by atoms with E-state index in [4.69, 9.17) is 0 Å². The van der Waals surface area contributed by atoms with E-state index in [1.54, 1.807) is 11.0 Å². The van der Waals surface area contributed by atoms with Gasteiger partial charge in [0, 0.05) is 37.3 Å². The summed E-state index contributed by atoms with van der Waals surface area (Å²) in [5, 5.41) is 5.31. The van der Waals surface area contributed by atoms with Crippen molar-refractivity contribution in [2.75, 3.05) is 25.0 Å². The maximum Gasteiger partial charge on any atom is 0.319 e. The monoisotopic (exact) mass is 419 g/mol. The standard InChI is InChI=1S/C22H24F3N3O2/c23-16-5-1-6-17(12-16)27-22(30)26-13-15-4-3-11-28(14-15)21(29)10-9-18-19(24)7-2-8-20(18)25/h1-2,5-8,12,15H,3-4,9-11,13-14H2,(H2,26,27,30). The normalized spacial score (nSPS) is 16.2. The van der Waals surface area contributed by atoms with Gasteiger partial charge in [0.1, 0.15) is 17.5 Å². The lowest BCUT2D eigenvalue weighted by Crippen LogP contribution is -2.44.